The summed E-state index contributed by atoms with van der Waals surface area (Å²) in [5.74, 6) is -0.825. The summed E-state index contributed by atoms with van der Waals surface area (Å²) < 4.78 is 0. The zero-order valence-electron chi connectivity index (χ0n) is 13.1. The van der Waals surface area contributed by atoms with Crippen LogP contribution in [-0.2, 0) is 21.4 Å². The number of carbonyl (C=O) groups is 2. The van der Waals surface area contributed by atoms with Crippen molar-refractivity contribution in [3.8, 4) is 0 Å². The lowest BCUT2D eigenvalue weighted by molar-refractivity contribution is -0.137. The van der Waals surface area contributed by atoms with Crippen molar-refractivity contribution in [1.29, 1.82) is 0 Å². The first-order valence-corrected chi connectivity index (χ1v) is 8.26. The van der Waals surface area contributed by atoms with Gasteiger partial charge in [0.05, 0.1) is 5.41 Å². The van der Waals surface area contributed by atoms with E-state index in [0.717, 1.165) is 29.7 Å². The number of aliphatic carboxylic acids is 1. The maximum absolute atomic E-state index is 12.7. The van der Waals surface area contributed by atoms with Gasteiger partial charge in [-0.05, 0) is 54.7 Å². The summed E-state index contributed by atoms with van der Waals surface area (Å²) in [7, 11) is 0. The molecule has 0 aromatic heterocycles. The Hall–Kier alpha value is -2.33. The number of aryl methyl sites for hydroxylation is 1. The summed E-state index contributed by atoms with van der Waals surface area (Å²) in [6.07, 6.45) is 2.25. The summed E-state index contributed by atoms with van der Waals surface area (Å²) in [6.45, 7) is 0. The van der Waals surface area contributed by atoms with E-state index in [1.54, 1.807) is 0 Å². The van der Waals surface area contributed by atoms with Crippen molar-refractivity contribution in [2.24, 2.45) is 0 Å². The normalized spacial score (nSPS) is 14.9. The van der Waals surface area contributed by atoms with Crippen LogP contribution in [0, 0.1) is 0 Å². The number of halogens is 1. The zero-order valence-corrected chi connectivity index (χ0v) is 13.8. The molecule has 1 aliphatic rings. The molecule has 3 rings (SSSR count). The van der Waals surface area contributed by atoms with Crippen LogP contribution in [0.3, 0.4) is 0 Å². The van der Waals surface area contributed by atoms with Crippen LogP contribution < -0.4 is 5.32 Å². The molecule has 0 saturated heterocycles. The molecule has 24 heavy (non-hydrogen) atoms. The molecule has 1 aliphatic carbocycles. The van der Waals surface area contributed by atoms with Gasteiger partial charge in [-0.15, -0.1) is 0 Å². The Labute approximate surface area is 145 Å². The van der Waals surface area contributed by atoms with Crippen LogP contribution in [0.25, 0.3) is 0 Å². The first kappa shape index (κ1) is 16.5. The molecular formula is C19H18ClNO3. The third kappa shape index (κ3) is 3.60. The highest BCUT2D eigenvalue weighted by molar-refractivity contribution is 6.30. The summed E-state index contributed by atoms with van der Waals surface area (Å²) >= 11 is 5.91. The summed E-state index contributed by atoms with van der Waals surface area (Å²) in [5, 5.41) is 12.3. The van der Waals surface area contributed by atoms with Crippen LogP contribution in [0.15, 0.2) is 48.5 Å². The number of carbonyl (C=O) groups excluding carboxylic acids is 1. The third-order valence-corrected chi connectivity index (χ3v) is 4.67. The second-order valence-corrected chi connectivity index (χ2v) is 6.57. The Morgan fingerprint density at radius 3 is 2.21 bits per heavy atom. The van der Waals surface area contributed by atoms with Crippen LogP contribution >= 0.6 is 11.6 Å². The molecule has 2 aromatic rings. The molecule has 0 aliphatic heterocycles. The number of carboxylic acid groups (broad SMARTS) is 1. The molecule has 0 atom stereocenters. The molecule has 0 heterocycles. The SMILES string of the molecule is O=C(O)CCc1ccc(NC(=O)C2(c3ccc(Cl)cc3)CC2)cc1. The van der Waals surface area contributed by atoms with Gasteiger partial charge < -0.3 is 10.4 Å². The average Bonchev–Trinajstić information content (AvgIpc) is 3.37. The Bertz CT molecular complexity index is 749. The number of benzene rings is 2. The smallest absolute Gasteiger partial charge is 0.303 e. The van der Waals surface area contributed by atoms with Gasteiger partial charge in [0, 0.05) is 17.1 Å². The van der Waals surface area contributed by atoms with Crippen LogP contribution in [0.2, 0.25) is 5.02 Å². The summed E-state index contributed by atoms with van der Waals surface area (Å²) in [5.41, 5.74) is 2.20. The number of rotatable bonds is 6. The maximum Gasteiger partial charge on any atom is 0.303 e. The topological polar surface area (TPSA) is 66.4 Å². The van der Waals surface area contributed by atoms with E-state index < -0.39 is 11.4 Å². The minimum atomic E-state index is -0.814. The standard InChI is InChI=1S/C19H18ClNO3/c20-15-6-4-14(5-7-15)19(11-12-19)18(24)21-16-8-1-13(2-9-16)3-10-17(22)23/h1-2,4-9H,3,10-12H2,(H,21,24)(H,22,23). The van der Waals surface area contributed by atoms with Crippen molar-refractivity contribution in [3.63, 3.8) is 0 Å². The average molecular weight is 344 g/mol. The van der Waals surface area contributed by atoms with E-state index >= 15 is 0 Å². The minimum absolute atomic E-state index is 0.0110. The number of carboxylic acids is 1. The number of hydrogen-bond acceptors (Lipinski definition) is 2. The molecule has 124 valence electrons. The Balaban J connectivity index is 1.66. The van der Waals surface area contributed by atoms with Gasteiger partial charge in [-0.1, -0.05) is 35.9 Å². The van der Waals surface area contributed by atoms with Crippen LogP contribution in [0.1, 0.15) is 30.4 Å². The third-order valence-electron chi connectivity index (χ3n) is 4.42. The van der Waals surface area contributed by atoms with Crippen molar-refractivity contribution in [1.82, 2.24) is 0 Å². The van der Waals surface area contributed by atoms with Gasteiger partial charge in [-0.25, -0.2) is 0 Å². The molecule has 1 fully saturated rings. The second kappa shape index (κ2) is 6.65. The first-order valence-electron chi connectivity index (χ1n) is 7.88. The highest BCUT2D eigenvalue weighted by Crippen LogP contribution is 2.49. The highest BCUT2D eigenvalue weighted by Gasteiger charge is 2.51. The lowest BCUT2D eigenvalue weighted by atomic mass is 9.95. The number of nitrogens with one attached hydrogen (secondary N) is 1. The Morgan fingerprint density at radius 1 is 1.04 bits per heavy atom. The molecule has 0 unspecified atom stereocenters. The van der Waals surface area contributed by atoms with E-state index in [9.17, 15) is 9.59 Å². The van der Waals surface area contributed by atoms with Crippen molar-refractivity contribution < 1.29 is 14.7 Å². The van der Waals surface area contributed by atoms with Gasteiger partial charge in [0.25, 0.3) is 0 Å². The molecule has 1 amide bonds. The maximum atomic E-state index is 12.7. The van der Waals surface area contributed by atoms with E-state index in [4.69, 9.17) is 16.7 Å². The number of hydrogen-bond donors (Lipinski definition) is 2. The summed E-state index contributed by atoms with van der Waals surface area (Å²) in [4.78, 5) is 23.3. The fourth-order valence-electron chi connectivity index (χ4n) is 2.80. The molecule has 0 bridgehead atoms. The summed E-state index contributed by atoms with van der Waals surface area (Å²) in [6, 6.07) is 14.7. The molecular weight excluding hydrogens is 326 g/mol. The molecule has 2 aromatic carbocycles. The first-order chi connectivity index (χ1) is 11.5. The van der Waals surface area contributed by atoms with Crippen LogP contribution in [0.4, 0.5) is 5.69 Å². The predicted molar refractivity (Wildman–Crippen MR) is 93.4 cm³/mol. The van der Waals surface area contributed by atoms with Crippen molar-refractivity contribution >= 4 is 29.2 Å². The molecule has 0 spiro atoms. The molecule has 4 nitrogen and oxygen atoms in total. The lowest BCUT2D eigenvalue weighted by Crippen LogP contribution is -2.27. The fraction of sp³-hybridized carbons (Fsp3) is 0.263. The Morgan fingerprint density at radius 2 is 1.67 bits per heavy atom. The highest BCUT2D eigenvalue weighted by atomic mass is 35.5. The van der Waals surface area contributed by atoms with Crippen molar-refractivity contribution in [2.45, 2.75) is 31.1 Å². The second-order valence-electron chi connectivity index (χ2n) is 6.13. The van der Waals surface area contributed by atoms with Crippen molar-refractivity contribution in [2.75, 3.05) is 5.32 Å². The van der Waals surface area contributed by atoms with Crippen molar-refractivity contribution in [3.05, 3.63) is 64.7 Å². The van der Waals surface area contributed by atoms with E-state index in [1.807, 2.05) is 48.5 Å². The van der Waals surface area contributed by atoms with E-state index in [0.29, 0.717) is 11.4 Å². The monoisotopic (exact) mass is 343 g/mol. The van der Waals surface area contributed by atoms with Gasteiger partial charge in [-0.2, -0.15) is 0 Å². The van der Waals surface area contributed by atoms with E-state index in [1.165, 1.54) is 0 Å². The van der Waals surface area contributed by atoms with Crippen LogP contribution in [-0.4, -0.2) is 17.0 Å². The zero-order chi connectivity index (χ0) is 17.2. The molecule has 2 N–H and O–H groups in total. The van der Waals surface area contributed by atoms with E-state index in [2.05, 4.69) is 5.32 Å². The molecule has 0 radical (unpaired) electrons. The minimum Gasteiger partial charge on any atom is -0.481 e. The largest absolute Gasteiger partial charge is 0.481 e. The van der Waals surface area contributed by atoms with Gasteiger partial charge in [0.1, 0.15) is 0 Å². The fourth-order valence-corrected chi connectivity index (χ4v) is 2.92. The number of anilines is 1. The van der Waals surface area contributed by atoms with E-state index in [-0.39, 0.29) is 12.3 Å². The number of amides is 1. The Kier molecular flexibility index (Phi) is 4.58. The van der Waals surface area contributed by atoms with Gasteiger partial charge in [-0.3, -0.25) is 9.59 Å². The molecule has 1 saturated carbocycles. The predicted octanol–water partition coefficient (Wildman–Crippen LogP) is 4.03. The van der Waals surface area contributed by atoms with Gasteiger partial charge in [0.2, 0.25) is 5.91 Å². The van der Waals surface area contributed by atoms with Gasteiger partial charge >= 0.3 is 5.97 Å². The van der Waals surface area contributed by atoms with Crippen LogP contribution in [0.5, 0.6) is 0 Å². The lowest BCUT2D eigenvalue weighted by Gasteiger charge is -2.16. The molecule has 5 heteroatoms. The quantitative estimate of drug-likeness (QED) is 0.832. The van der Waals surface area contributed by atoms with Gasteiger partial charge in [0.15, 0.2) is 0 Å².